The van der Waals surface area contributed by atoms with E-state index in [9.17, 15) is 22.8 Å². The number of nitrogens with zero attached hydrogens (tertiary/aromatic N) is 2. The van der Waals surface area contributed by atoms with Crippen LogP contribution in [0.5, 0.6) is 0 Å². The number of amides is 3. The Morgan fingerprint density at radius 1 is 1.03 bits per heavy atom. The minimum Gasteiger partial charge on any atom is -0.326 e. The van der Waals surface area contributed by atoms with Gasteiger partial charge in [-0.05, 0) is 37.1 Å². The van der Waals surface area contributed by atoms with Crippen molar-refractivity contribution in [1.29, 1.82) is 0 Å². The molecule has 1 saturated heterocycles. The minimum absolute atomic E-state index is 0.0101. The first kappa shape index (κ1) is 22.2. The van der Waals surface area contributed by atoms with Crippen LogP contribution in [0.4, 0.5) is 5.69 Å². The molecule has 162 valence electrons. The molecule has 1 aromatic rings. The molecule has 1 fully saturated rings. The minimum atomic E-state index is -3.56. The predicted molar refractivity (Wildman–Crippen MR) is 112 cm³/mol. The van der Waals surface area contributed by atoms with Crippen LogP contribution in [-0.4, -0.2) is 55.0 Å². The molecule has 0 bridgehead atoms. The summed E-state index contributed by atoms with van der Waals surface area (Å²) >= 11 is 0. The molecule has 0 radical (unpaired) electrons. The number of fused-ring (bicyclic) bond motifs is 1. The number of carbonyl (C=O) groups excluding carboxylic acids is 3. The van der Waals surface area contributed by atoms with E-state index >= 15 is 0 Å². The zero-order valence-corrected chi connectivity index (χ0v) is 18.0. The van der Waals surface area contributed by atoms with Gasteiger partial charge in [-0.3, -0.25) is 19.3 Å². The maximum atomic E-state index is 12.5. The van der Waals surface area contributed by atoms with E-state index in [4.69, 9.17) is 0 Å². The highest BCUT2D eigenvalue weighted by atomic mass is 32.2. The van der Waals surface area contributed by atoms with Crippen molar-refractivity contribution in [2.75, 3.05) is 25.0 Å². The number of hydrogen-bond donors (Lipinski definition) is 1. The van der Waals surface area contributed by atoms with Gasteiger partial charge in [0.05, 0.1) is 16.7 Å². The van der Waals surface area contributed by atoms with Gasteiger partial charge in [-0.15, -0.1) is 0 Å². The average Bonchev–Trinajstić information content (AvgIpc) is 2.98. The van der Waals surface area contributed by atoms with Gasteiger partial charge in [-0.2, -0.15) is 4.31 Å². The molecule has 3 rings (SSSR count). The molecule has 0 saturated carbocycles. The van der Waals surface area contributed by atoms with E-state index in [1.54, 1.807) is 13.8 Å². The number of benzene rings is 1. The van der Waals surface area contributed by atoms with Crippen LogP contribution >= 0.6 is 0 Å². The van der Waals surface area contributed by atoms with Crippen molar-refractivity contribution < 1.29 is 22.8 Å². The van der Waals surface area contributed by atoms with Crippen LogP contribution in [0, 0.1) is 11.8 Å². The van der Waals surface area contributed by atoms with Gasteiger partial charge in [0.2, 0.25) is 27.7 Å². The van der Waals surface area contributed by atoms with Crippen LogP contribution in [-0.2, 0) is 24.4 Å². The number of imide groups is 1. The fourth-order valence-corrected chi connectivity index (χ4v) is 5.41. The molecular formula is C21H27N3O5S. The first-order chi connectivity index (χ1) is 14.3. The number of hydrogen-bond acceptors (Lipinski definition) is 5. The highest BCUT2D eigenvalue weighted by molar-refractivity contribution is 7.89. The summed E-state index contributed by atoms with van der Waals surface area (Å²) in [4.78, 5) is 38.5. The second-order valence-corrected chi connectivity index (χ2v) is 9.33. The number of sulfonamides is 1. The second-order valence-electron chi connectivity index (χ2n) is 7.40. The van der Waals surface area contributed by atoms with Gasteiger partial charge in [-0.25, -0.2) is 8.42 Å². The van der Waals surface area contributed by atoms with Gasteiger partial charge in [0.25, 0.3) is 0 Å². The van der Waals surface area contributed by atoms with Crippen molar-refractivity contribution in [3.05, 3.63) is 36.4 Å². The lowest BCUT2D eigenvalue weighted by Gasteiger charge is -2.18. The normalized spacial score (nSPS) is 21.2. The van der Waals surface area contributed by atoms with E-state index in [0.29, 0.717) is 31.6 Å². The van der Waals surface area contributed by atoms with E-state index in [-0.39, 0.29) is 47.4 Å². The predicted octanol–water partition coefficient (Wildman–Crippen LogP) is 2.00. The van der Waals surface area contributed by atoms with E-state index in [1.807, 2.05) is 12.2 Å². The molecule has 1 aliphatic heterocycles. The number of carbonyl (C=O) groups is 3. The lowest BCUT2D eigenvalue weighted by atomic mass is 9.85. The standard InChI is InChI=1S/C21H27N3O5S/c1-3-23(4-2)30(28,29)16-11-9-15(10-12-16)22-19(25)13-14-24-20(26)17-7-5-6-8-18(17)21(24)27/h5-6,9-12,17-18H,3-4,7-8,13-14H2,1-2H3,(H,22,25)/t17-,18+. The lowest BCUT2D eigenvalue weighted by molar-refractivity contribution is -0.140. The molecule has 0 aromatic heterocycles. The third-order valence-electron chi connectivity index (χ3n) is 5.64. The van der Waals surface area contributed by atoms with Crippen molar-refractivity contribution in [1.82, 2.24) is 9.21 Å². The number of rotatable bonds is 8. The summed E-state index contributed by atoms with van der Waals surface area (Å²) in [7, 11) is -3.56. The third kappa shape index (κ3) is 4.32. The highest BCUT2D eigenvalue weighted by Gasteiger charge is 2.46. The molecule has 0 spiro atoms. The molecule has 1 heterocycles. The van der Waals surface area contributed by atoms with Crippen molar-refractivity contribution in [3.8, 4) is 0 Å². The average molecular weight is 434 g/mol. The molecule has 3 amide bonds. The number of nitrogens with one attached hydrogen (secondary N) is 1. The van der Waals surface area contributed by atoms with Crippen LogP contribution in [0.2, 0.25) is 0 Å². The molecule has 2 atom stereocenters. The van der Waals surface area contributed by atoms with Gasteiger partial charge in [-0.1, -0.05) is 26.0 Å². The van der Waals surface area contributed by atoms with Crippen LogP contribution < -0.4 is 5.32 Å². The van der Waals surface area contributed by atoms with Gasteiger partial charge in [0.1, 0.15) is 0 Å². The Hall–Kier alpha value is -2.52. The lowest BCUT2D eigenvalue weighted by Crippen LogP contribution is -2.34. The van der Waals surface area contributed by atoms with Gasteiger partial charge in [0.15, 0.2) is 0 Å². The summed E-state index contributed by atoms with van der Waals surface area (Å²) in [6, 6.07) is 5.96. The molecule has 9 heteroatoms. The van der Waals surface area contributed by atoms with Crippen LogP contribution in [0.3, 0.4) is 0 Å². The van der Waals surface area contributed by atoms with Crippen molar-refractivity contribution in [2.24, 2.45) is 11.8 Å². The third-order valence-corrected chi connectivity index (χ3v) is 7.71. The van der Waals surface area contributed by atoms with Gasteiger partial charge >= 0.3 is 0 Å². The first-order valence-corrected chi connectivity index (χ1v) is 11.6. The molecule has 2 aliphatic rings. The Morgan fingerprint density at radius 3 is 2.07 bits per heavy atom. The largest absolute Gasteiger partial charge is 0.326 e. The molecule has 8 nitrogen and oxygen atoms in total. The maximum absolute atomic E-state index is 12.5. The highest BCUT2D eigenvalue weighted by Crippen LogP contribution is 2.35. The van der Waals surface area contributed by atoms with Crippen molar-refractivity contribution >= 4 is 33.4 Å². The first-order valence-electron chi connectivity index (χ1n) is 10.2. The van der Waals surface area contributed by atoms with E-state index in [2.05, 4.69) is 5.32 Å². The molecular weight excluding hydrogens is 406 g/mol. The summed E-state index contributed by atoms with van der Waals surface area (Å²) in [6.07, 6.45) is 4.98. The number of allylic oxidation sites excluding steroid dienone is 2. The van der Waals surface area contributed by atoms with Gasteiger partial charge < -0.3 is 5.32 Å². The molecule has 30 heavy (non-hydrogen) atoms. The topological polar surface area (TPSA) is 104 Å². The Bertz CT molecular complexity index is 925. The van der Waals surface area contributed by atoms with E-state index < -0.39 is 10.0 Å². The molecule has 1 N–H and O–H groups in total. The van der Waals surface area contributed by atoms with E-state index in [0.717, 1.165) is 0 Å². The SMILES string of the molecule is CCN(CC)S(=O)(=O)c1ccc(NC(=O)CCN2C(=O)[C@H]3CC=CC[C@H]3C2=O)cc1. The zero-order valence-electron chi connectivity index (χ0n) is 17.2. The summed E-state index contributed by atoms with van der Waals surface area (Å²) in [5.74, 6) is -1.35. The summed E-state index contributed by atoms with van der Waals surface area (Å²) in [6.45, 7) is 4.35. The van der Waals surface area contributed by atoms with Crippen LogP contribution in [0.25, 0.3) is 0 Å². The monoisotopic (exact) mass is 433 g/mol. The fraction of sp³-hybridized carbons (Fsp3) is 0.476. The van der Waals surface area contributed by atoms with Crippen LogP contribution in [0.1, 0.15) is 33.1 Å². The second kappa shape index (κ2) is 9.09. The van der Waals surface area contributed by atoms with Crippen molar-refractivity contribution in [2.45, 2.75) is 38.0 Å². The van der Waals surface area contributed by atoms with E-state index in [1.165, 1.54) is 33.5 Å². The quantitative estimate of drug-likeness (QED) is 0.499. The Morgan fingerprint density at radius 2 is 1.57 bits per heavy atom. The molecule has 1 aliphatic carbocycles. The molecule has 0 unspecified atom stereocenters. The number of anilines is 1. The Kier molecular flexibility index (Phi) is 6.72. The summed E-state index contributed by atoms with van der Waals surface area (Å²) < 4.78 is 26.4. The number of likely N-dealkylation sites (tertiary alicyclic amines) is 1. The zero-order chi connectivity index (χ0) is 21.9. The molecule has 1 aromatic carbocycles. The Labute approximate surface area is 177 Å². The Balaban J connectivity index is 1.57. The maximum Gasteiger partial charge on any atom is 0.243 e. The van der Waals surface area contributed by atoms with Gasteiger partial charge in [0, 0.05) is 31.7 Å². The summed E-state index contributed by atoms with van der Waals surface area (Å²) in [5.41, 5.74) is 0.454. The van der Waals surface area contributed by atoms with Crippen molar-refractivity contribution in [3.63, 3.8) is 0 Å². The fourth-order valence-electron chi connectivity index (χ4n) is 3.95. The van der Waals surface area contributed by atoms with Crippen LogP contribution in [0.15, 0.2) is 41.3 Å². The smallest absolute Gasteiger partial charge is 0.243 e. The summed E-state index contributed by atoms with van der Waals surface area (Å²) in [5, 5.41) is 2.69.